The van der Waals surface area contributed by atoms with Crippen LogP contribution in [0.4, 0.5) is 13.2 Å². The first-order chi connectivity index (χ1) is 16.4. The molecule has 2 heterocycles. The monoisotopic (exact) mass is 493 g/mol. The van der Waals surface area contributed by atoms with Crippen LogP contribution in [-0.2, 0) is 6.54 Å². The second kappa shape index (κ2) is 9.85. The third-order valence-electron chi connectivity index (χ3n) is 7.56. The highest BCUT2D eigenvalue weighted by atomic mass is 32.1. The van der Waals surface area contributed by atoms with Gasteiger partial charge in [0.15, 0.2) is 0 Å². The van der Waals surface area contributed by atoms with Gasteiger partial charge in [-0.25, -0.2) is 4.98 Å². The summed E-state index contributed by atoms with van der Waals surface area (Å²) in [6.45, 7) is 4.23. The molecule has 1 saturated heterocycles. The lowest BCUT2D eigenvalue weighted by Gasteiger charge is -2.29. The van der Waals surface area contributed by atoms with Crippen molar-refractivity contribution < 1.29 is 22.7 Å². The van der Waals surface area contributed by atoms with E-state index < -0.39 is 6.36 Å². The summed E-state index contributed by atoms with van der Waals surface area (Å²) in [5, 5.41) is 1.72. The van der Waals surface area contributed by atoms with Crippen LogP contribution in [0.1, 0.15) is 48.2 Å². The van der Waals surface area contributed by atoms with Crippen LogP contribution in [0.3, 0.4) is 0 Å². The molecule has 1 aliphatic heterocycles. The summed E-state index contributed by atoms with van der Waals surface area (Å²) in [6, 6.07) is 5.88. The largest absolute Gasteiger partial charge is 0.573 e. The maximum Gasteiger partial charge on any atom is 0.573 e. The van der Waals surface area contributed by atoms with Gasteiger partial charge in [0.25, 0.3) is 5.91 Å². The number of thiazole rings is 1. The number of benzene rings is 1. The van der Waals surface area contributed by atoms with Crippen molar-refractivity contribution in [3.63, 3.8) is 0 Å². The Bertz CT molecular complexity index is 966. The smallest absolute Gasteiger partial charge is 0.406 e. The first kappa shape index (κ1) is 23.6. The molecule has 0 radical (unpaired) electrons. The fourth-order valence-electron chi connectivity index (χ4n) is 5.91. The number of likely N-dealkylation sites (tertiary alicyclic amines) is 1. The number of carbonyl (C=O) groups is 1. The highest BCUT2D eigenvalue weighted by molar-refractivity contribution is 7.07. The molecule has 0 spiro atoms. The van der Waals surface area contributed by atoms with Crippen molar-refractivity contribution in [2.24, 2.45) is 23.7 Å². The van der Waals surface area contributed by atoms with Gasteiger partial charge in [0.1, 0.15) is 11.4 Å². The first-order valence-corrected chi connectivity index (χ1v) is 13.0. The van der Waals surface area contributed by atoms with E-state index in [0.717, 1.165) is 19.0 Å². The highest BCUT2D eigenvalue weighted by Crippen LogP contribution is 2.52. The molecule has 1 aromatic carbocycles. The molecule has 9 heteroatoms. The summed E-state index contributed by atoms with van der Waals surface area (Å²) in [4.78, 5) is 21.7. The zero-order valence-corrected chi connectivity index (χ0v) is 19.9. The topological polar surface area (TPSA) is 45.7 Å². The third-order valence-corrected chi connectivity index (χ3v) is 8.15. The number of rotatable bonds is 8. The number of hydrogen-bond donors (Lipinski definition) is 0. The van der Waals surface area contributed by atoms with Crippen molar-refractivity contribution in [3.8, 4) is 5.75 Å². The molecule has 0 bridgehead atoms. The van der Waals surface area contributed by atoms with E-state index in [1.165, 1.54) is 68.2 Å². The van der Waals surface area contributed by atoms with Crippen molar-refractivity contribution in [1.82, 2.24) is 14.8 Å². The average Bonchev–Trinajstić information content (AvgIpc) is 3.20. The van der Waals surface area contributed by atoms with E-state index in [9.17, 15) is 18.0 Å². The number of aromatic nitrogens is 1. The normalized spacial score (nSPS) is 25.2. The second-order valence-corrected chi connectivity index (χ2v) is 10.7. The standard InChI is InChI=1S/C25H30F3N3O2S/c26-25(27,28)33-19-8-4-7-18(9-19)11-31(24(32)23-15-34-16-29-23)14-22-20-12-30(13-21(20)22)10-17-5-2-1-3-6-17/h4,7-9,15-17,20-22H,1-3,5-6,10-14H2. The summed E-state index contributed by atoms with van der Waals surface area (Å²) < 4.78 is 42.0. The lowest BCUT2D eigenvalue weighted by atomic mass is 9.89. The molecule has 34 heavy (non-hydrogen) atoms. The number of alkyl halides is 3. The van der Waals surface area contributed by atoms with Crippen molar-refractivity contribution >= 4 is 17.2 Å². The molecule has 2 unspecified atom stereocenters. The van der Waals surface area contributed by atoms with Gasteiger partial charge in [0.2, 0.25) is 0 Å². The van der Waals surface area contributed by atoms with Gasteiger partial charge in [-0.15, -0.1) is 24.5 Å². The minimum absolute atomic E-state index is 0.174. The molecule has 2 aromatic rings. The Balaban J connectivity index is 1.22. The number of halogens is 3. The van der Waals surface area contributed by atoms with Gasteiger partial charge in [0, 0.05) is 38.1 Å². The molecule has 2 aliphatic carbocycles. The van der Waals surface area contributed by atoms with E-state index in [2.05, 4.69) is 14.6 Å². The predicted octanol–water partition coefficient (Wildman–Crippen LogP) is 5.44. The van der Waals surface area contributed by atoms with Crippen molar-refractivity contribution in [2.75, 3.05) is 26.2 Å². The molecule has 5 nitrogen and oxygen atoms in total. The quantitative estimate of drug-likeness (QED) is 0.491. The number of piperidine rings is 1. The number of amides is 1. The lowest BCUT2D eigenvalue weighted by molar-refractivity contribution is -0.274. The number of carbonyl (C=O) groups excluding carboxylic acids is 1. The van der Waals surface area contributed by atoms with Crippen LogP contribution in [0, 0.1) is 23.7 Å². The SMILES string of the molecule is O=C(c1cscn1)N(Cc1cccc(OC(F)(F)F)c1)CC1C2CN(CC3CCCCC3)CC21. The summed E-state index contributed by atoms with van der Waals surface area (Å²) >= 11 is 1.36. The lowest BCUT2D eigenvalue weighted by Crippen LogP contribution is -2.36. The number of nitrogens with zero attached hydrogens (tertiary/aromatic N) is 3. The zero-order valence-electron chi connectivity index (χ0n) is 19.0. The Kier molecular flexibility index (Phi) is 6.84. The van der Waals surface area contributed by atoms with Gasteiger partial charge >= 0.3 is 6.36 Å². The van der Waals surface area contributed by atoms with E-state index in [0.29, 0.717) is 35.6 Å². The molecule has 3 fully saturated rings. The molecule has 3 aliphatic rings. The minimum Gasteiger partial charge on any atom is -0.406 e. The van der Waals surface area contributed by atoms with Gasteiger partial charge in [-0.3, -0.25) is 4.79 Å². The van der Waals surface area contributed by atoms with Gasteiger partial charge < -0.3 is 14.5 Å². The van der Waals surface area contributed by atoms with Crippen LogP contribution in [0.5, 0.6) is 5.75 Å². The molecule has 184 valence electrons. The number of hydrogen-bond acceptors (Lipinski definition) is 5. The number of ether oxygens (including phenoxy) is 1. The third kappa shape index (κ3) is 5.74. The Labute approximate surface area is 201 Å². The Morgan fingerprint density at radius 1 is 1.18 bits per heavy atom. The van der Waals surface area contributed by atoms with E-state index >= 15 is 0 Å². The molecule has 5 rings (SSSR count). The van der Waals surface area contributed by atoms with Crippen LogP contribution in [0.15, 0.2) is 35.2 Å². The van der Waals surface area contributed by atoms with Gasteiger partial charge in [-0.2, -0.15) is 0 Å². The summed E-state index contributed by atoms with van der Waals surface area (Å²) in [6.07, 6.45) is 2.04. The first-order valence-electron chi connectivity index (χ1n) is 12.1. The van der Waals surface area contributed by atoms with Crippen LogP contribution in [0.25, 0.3) is 0 Å². The van der Waals surface area contributed by atoms with Gasteiger partial charge in [0.05, 0.1) is 5.51 Å². The van der Waals surface area contributed by atoms with Crippen molar-refractivity contribution in [1.29, 1.82) is 0 Å². The summed E-state index contributed by atoms with van der Waals surface area (Å²) in [5.41, 5.74) is 2.62. The predicted molar refractivity (Wildman–Crippen MR) is 123 cm³/mol. The van der Waals surface area contributed by atoms with Crippen LogP contribution in [0.2, 0.25) is 0 Å². The Morgan fingerprint density at radius 2 is 1.94 bits per heavy atom. The van der Waals surface area contributed by atoms with Crippen LogP contribution < -0.4 is 4.74 Å². The van der Waals surface area contributed by atoms with Crippen LogP contribution >= 0.6 is 11.3 Å². The Hall–Kier alpha value is -2.13. The fourth-order valence-corrected chi connectivity index (χ4v) is 6.43. The zero-order chi connectivity index (χ0) is 23.7. The molecule has 1 amide bonds. The van der Waals surface area contributed by atoms with Gasteiger partial charge in [-0.1, -0.05) is 31.4 Å². The molecule has 1 aromatic heterocycles. The molecular formula is C25H30F3N3O2S. The molecule has 0 N–H and O–H groups in total. The molecule has 2 atom stereocenters. The number of fused-ring (bicyclic) bond motifs is 1. The van der Waals surface area contributed by atoms with E-state index in [4.69, 9.17) is 0 Å². The summed E-state index contributed by atoms with van der Waals surface area (Å²) in [7, 11) is 0. The van der Waals surface area contributed by atoms with E-state index in [1.54, 1.807) is 21.9 Å². The van der Waals surface area contributed by atoms with E-state index in [-0.39, 0.29) is 18.2 Å². The second-order valence-electron chi connectivity index (χ2n) is 9.97. The minimum atomic E-state index is -4.75. The van der Waals surface area contributed by atoms with E-state index in [1.807, 2.05) is 0 Å². The average molecular weight is 494 g/mol. The summed E-state index contributed by atoms with van der Waals surface area (Å²) in [5.74, 6) is 2.04. The highest BCUT2D eigenvalue weighted by Gasteiger charge is 2.56. The Morgan fingerprint density at radius 3 is 2.62 bits per heavy atom. The van der Waals surface area contributed by atoms with Gasteiger partial charge in [-0.05, 0) is 54.2 Å². The molecule has 2 saturated carbocycles. The maximum atomic E-state index is 13.2. The van der Waals surface area contributed by atoms with Crippen molar-refractivity contribution in [2.45, 2.75) is 45.0 Å². The fraction of sp³-hybridized carbons (Fsp3) is 0.600. The van der Waals surface area contributed by atoms with Crippen molar-refractivity contribution in [3.05, 3.63) is 46.4 Å². The maximum absolute atomic E-state index is 13.2. The van der Waals surface area contributed by atoms with Crippen LogP contribution in [-0.4, -0.2) is 53.2 Å². The molecular weight excluding hydrogens is 463 g/mol.